The van der Waals surface area contributed by atoms with E-state index in [0.717, 1.165) is 17.7 Å². The molecule has 0 aliphatic rings. The minimum atomic E-state index is -0.874. The third kappa shape index (κ3) is 2.53. The van der Waals surface area contributed by atoms with E-state index < -0.39 is 17.5 Å². The molecular formula is C14H11F2NO. The van der Waals surface area contributed by atoms with Crippen LogP contribution in [0.5, 0.6) is 0 Å². The van der Waals surface area contributed by atoms with Crippen LogP contribution in [0.3, 0.4) is 0 Å². The van der Waals surface area contributed by atoms with Crippen LogP contribution in [-0.4, -0.2) is 5.91 Å². The highest BCUT2D eigenvalue weighted by molar-refractivity contribution is 6.04. The summed E-state index contributed by atoms with van der Waals surface area (Å²) < 4.78 is 26.1. The number of amides is 1. The first-order valence-electron chi connectivity index (χ1n) is 5.40. The second kappa shape index (κ2) is 4.96. The van der Waals surface area contributed by atoms with Crippen LogP contribution in [0, 0.1) is 18.6 Å². The van der Waals surface area contributed by atoms with Crippen LogP contribution in [0.25, 0.3) is 0 Å². The monoisotopic (exact) mass is 247 g/mol. The molecule has 2 nitrogen and oxygen atoms in total. The van der Waals surface area contributed by atoms with Crippen molar-refractivity contribution in [3.63, 3.8) is 0 Å². The maximum atomic E-state index is 13.4. The van der Waals surface area contributed by atoms with Crippen LogP contribution in [-0.2, 0) is 0 Å². The Hall–Kier alpha value is -2.23. The van der Waals surface area contributed by atoms with E-state index in [9.17, 15) is 13.6 Å². The largest absolute Gasteiger partial charge is 0.322 e. The van der Waals surface area contributed by atoms with Crippen molar-refractivity contribution < 1.29 is 13.6 Å². The number of nitrogens with one attached hydrogen (secondary N) is 1. The number of halogens is 2. The summed E-state index contributed by atoms with van der Waals surface area (Å²) in [5.74, 6) is -2.18. The zero-order chi connectivity index (χ0) is 13.1. The molecule has 0 aliphatic heterocycles. The molecule has 0 saturated carbocycles. The van der Waals surface area contributed by atoms with Gasteiger partial charge in [-0.25, -0.2) is 8.78 Å². The average molecular weight is 247 g/mol. The van der Waals surface area contributed by atoms with Gasteiger partial charge in [0, 0.05) is 11.8 Å². The van der Waals surface area contributed by atoms with Gasteiger partial charge in [-0.3, -0.25) is 4.79 Å². The maximum absolute atomic E-state index is 13.4. The topological polar surface area (TPSA) is 29.1 Å². The minimum absolute atomic E-state index is 0.181. The number of para-hydroxylation sites is 1. The standard InChI is InChI=1S/C14H11F2NO/c1-9-4-2-3-5-13(9)17-14(18)11-7-6-10(15)8-12(11)16/h2-8H,1H3,(H,17,18). The minimum Gasteiger partial charge on any atom is -0.322 e. The average Bonchev–Trinajstić information content (AvgIpc) is 2.32. The van der Waals surface area contributed by atoms with Crippen molar-refractivity contribution >= 4 is 11.6 Å². The molecule has 0 atom stereocenters. The molecule has 0 spiro atoms. The highest BCUT2D eigenvalue weighted by Crippen LogP contribution is 2.16. The van der Waals surface area contributed by atoms with E-state index in [2.05, 4.69) is 5.32 Å². The smallest absolute Gasteiger partial charge is 0.258 e. The van der Waals surface area contributed by atoms with Gasteiger partial charge >= 0.3 is 0 Å². The quantitative estimate of drug-likeness (QED) is 0.864. The van der Waals surface area contributed by atoms with Gasteiger partial charge in [-0.1, -0.05) is 18.2 Å². The summed E-state index contributed by atoms with van der Waals surface area (Å²) in [5.41, 5.74) is 1.29. The molecule has 1 amide bonds. The molecule has 2 aromatic rings. The number of rotatable bonds is 2. The van der Waals surface area contributed by atoms with Crippen molar-refractivity contribution in [1.82, 2.24) is 0 Å². The van der Waals surface area contributed by atoms with E-state index in [1.165, 1.54) is 0 Å². The van der Waals surface area contributed by atoms with Gasteiger partial charge in [-0.2, -0.15) is 0 Å². The Morgan fingerprint density at radius 2 is 1.83 bits per heavy atom. The Bertz CT molecular complexity index is 596. The Morgan fingerprint density at radius 3 is 2.50 bits per heavy atom. The molecule has 4 heteroatoms. The molecule has 0 bridgehead atoms. The Morgan fingerprint density at radius 1 is 1.11 bits per heavy atom. The summed E-state index contributed by atoms with van der Waals surface area (Å²) in [4.78, 5) is 11.8. The lowest BCUT2D eigenvalue weighted by Crippen LogP contribution is -2.14. The Labute approximate surface area is 103 Å². The predicted octanol–water partition coefficient (Wildman–Crippen LogP) is 3.53. The van der Waals surface area contributed by atoms with Gasteiger partial charge in [-0.05, 0) is 30.7 Å². The SMILES string of the molecule is Cc1ccccc1NC(=O)c1ccc(F)cc1F. The van der Waals surface area contributed by atoms with Crippen LogP contribution in [0.15, 0.2) is 42.5 Å². The zero-order valence-electron chi connectivity index (χ0n) is 9.71. The first-order valence-corrected chi connectivity index (χ1v) is 5.40. The summed E-state index contributed by atoms with van der Waals surface area (Å²) >= 11 is 0. The molecule has 18 heavy (non-hydrogen) atoms. The fourth-order valence-corrected chi connectivity index (χ4v) is 1.58. The number of carbonyl (C=O) groups excluding carboxylic acids is 1. The van der Waals surface area contributed by atoms with Crippen molar-refractivity contribution in [2.45, 2.75) is 6.92 Å². The van der Waals surface area contributed by atoms with Crippen molar-refractivity contribution in [3.8, 4) is 0 Å². The second-order valence-electron chi connectivity index (χ2n) is 3.89. The van der Waals surface area contributed by atoms with Gasteiger partial charge in [0.2, 0.25) is 0 Å². The van der Waals surface area contributed by atoms with Gasteiger partial charge in [0.05, 0.1) is 5.56 Å². The number of anilines is 1. The van der Waals surface area contributed by atoms with Crippen LogP contribution in [0.1, 0.15) is 15.9 Å². The molecule has 0 aromatic heterocycles. The zero-order valence-corrected chi connectivity index (χ0v) is 9.71. The van der Waals surface area contributed by atoms with Crippen LogP contribution in [0.2, 0.25) is 0 Å². The normalized spacial score (nSPS) is 10.2. The molecule has 0 saturated heterocycles. The van der Waals surface area contributed by atoms with E-state index in [1.807, 2.05) is 19.1 Å². The molecular weight excluding hydrogens is 236 g/mol. The molecule has 0 fully saturated rings. The van der Waals surface area contributed by atoms with Gasteiger partial charge < -0.3 is 5.32 Å². The summed E-state index contributed by atoms with van der Waals surface area (Å²) in [5, 5.41) is 2.59. The third-order valence-corrected chi connectivity index (χ3v) is 2.57. The molecule has 0 radical (unpaired) electrons. The summed E-state index contributed by atoms with van der Waals surface area (Å²) in [6.45, 7) is 1.83. The summed E-state index contributed by atoms with van der Waals surface area (Å²) in [6, 6.07) is 10.0. The molecule has 92 valence electrons. The molecule has 0 heterocycles. The van der Waals surface area contributed by atoms with Crippen LogP contribution >= 0.6 is 0 Å². The van der Waals surface area contributed by atoms with Gasteiger partial charge in [-0.15, -0.1) is 0 Å². The number of carbonyl (C=O) groups is 1. The molecule has 2 rings (SSSR count). The lowest BCUT2D eigenvalue weighted by molar-refractivity contribution is 0.102. The summed E-state index contributed by atoms with van der Waals surface area (Å²) in [7, 11) is 0. The molecule has 2 aromatic carbocycles. The van der Waals surface area contributed by atoms with E-state index >= 15 is 0 Å². The van der Waals surface area contributed by atoms with Gasteiger partial charge in [0.15, 0.2) is 0 Å². The summed E-state index contributed by atoms with van der Waals surface area (Å²) in [6.07, 6.45) is 0. The van der Waals surface area contributed by atoms with Crippen molar-refractivity contribution in [3.05, 3.63) is 65.2 Å². The predicted molar refractivity (Wildman–Crippen MR) is 65.5 cm³/mol. The Balaban J connectivity index is 2.25. The number of aryl methyl sites for hydroxylation is 1. The van der Waals surface area contributed by atoms with Crippen molar-refractivity contribution in [2.75, 3.05) is 5.32 Å². The van der Waals surface area contributed by atoms with Crippen LogP contribution < -0.4 is 5.32 Å². The van der Waals surface area contributed by atoms with Gasteiger partial charge in [0.25, 0.3) is 5.91 Å². The molecule has 0 unspecified atom stereocenters. The fourth-order valence-electron chi connectivity index (χ4n) is 1.58. The number of hydrogen-bond acceptors (Lipinski definition) is 1. The lowest BCUT2D eigenvalue weighted by Gasteiger charge is -2.08. The maximum Gasteiger partial charge on any atom is 0.258 e. The first-order chi connectivity index (χ1) is 8.58. The van der Waals surface area contributed by atoms with Crippen LogP contribution in [0.4, 0.5) is 14.5 Å². The van der Waals surface area contributed by atoms with E-state index in [0.29, 0.717) is 11.8 Å². The highest BCUT2D eigenvalue weighted by Gasteiger charge is 2.13. The second-order valence-corrected chi connectivity index (χ2v) is 3.89. The van der Waals surface area contributed by atoms with E-state index in [4.69, 9.17) is 0 Å². The number of benzene rings is 2. The highest BCUT2D eigenvalue weighted by atomic mass is 19.1. The number of hydrogen-bond donors (Lipinski definition) is 1. The lowest BCUT2D eigenvalue weighted by atomic mass is 10.1. The first kappa shape index (κ1) is 12.2. The van der Waals surface area contributed by atoms with Crippen molar-refractivity contribution in [1.29, 1.82) is 0 Å². The Kier molecular flexibility index (Phi) is 3.37. The molecule has 0 aliphatic carbocycles. The van der Waals surface area contributed by atoms with Gasteiger partial charge in [0.1, 0.15) is 11.6 Å². The third-order valence-electron chi connectivity index (χ3n) is 2.57. The molecule has 1 N–H and O–H groups in total. The fraction of sp³-hybridized carbons (Fsp3) is 0.0714. The van der Waals surface area contributed by atoms with Crippen molar-refractivity contribution in [2.24, 2.45) is 0 Å². The van der Waals surface area contributed by atoms with E-state index in [-0.39, 0.29) is 5.56 Å². The van der Waals surface area contributed by atoms with E-state index in [1.54, 1.807) is 12.1 Å².